The quantitative estimate of drug-likeness (QED) is 0.515. The van der Waals surface area contributed by atoms with E-state index in [9.17, 15) is 19.6 Å². The van der Waals surface area contributed by atoms with Gasteiger partial charge in [0.2, 0.25) is 5.91 Å². The van der Waals surface area contributed by atoms with Crippen molar-refractivity contribution in [2.24, 2.45) is 38.7 Å². The number of nitriles is 1. The highest BCUT2D eigenvalue weighted by Gasteiger charge is 2.74. The summed E-state index contributed by atoms with van der Waals surface area (Å²) in [5.41, 5.74) is 2.62. The van der Waals surface area contributed by atoms with Crippen LogP contribution in [0.4, 0.5) is 0 Å². The standard InChI is InChI=1S/C31H42N2O4/c1-25(2)10-13-30(24(33)36)14-12-29(7)28(6)9-8-20-26(3,4)23(35)19(18-32)17-27(20,5)21(28)16-22(34)31(29,37-30)15-11-25/h16-17,20H,8-15H2,1-7H3,(H2,33,36)/t20-,27-,28+,29-,30+,31+/m0/s1. The number of ketones is 2. The number of ether oxygens (including phenoxy) is 1. The van der Waals surface area contributed by atoms with Crippen molar-refractivity contribution < 1.29 is 19.1 Å². The van der Waals surface area contributed by atoms with Crippen molar-refractivity contribution >= 4 is 17.5 Å². The zero-order valence-electron chi connectivity index (χ0n) is 23.5. The Hall–Kier alpha value is -2.26. The van der Waals surface area contributed by atoms with Crippen LogP contribution in [-0.2, 0) is 19.1 Å². The maximum atomic E-state index is 14.5. The minimum absolute atomic E-state index is 0.0140. The zero-order valence-corrected chi connectivity index (χ0v) is 23.5. The van der Waals surface area contributed by atoms with Gasteiger partial charge in [0.1, 0.15) is 17.3 Å². The van der Waals surface area contributed by atoms with Gasteiger partial charge in [-0.05, 0) is 79.8 Å². The van der Waals surface area contributed by atoms with Crippen molar-refractivity contribution in [2.75, 3.05) is 0 Å². The first-order chi connectivity index (χ1) is 16.9. The Morgan fingerprint density at radius 3 is 2.22 bits per heavy atom. The molecule has 5 aliphatic rings. The van der Waals surface area contributed by atoms with Crippen molar-refractivity contribution in [3.05, 3.63) is 23.3 Å². The molecule has 3 aliphatic carbocycles. The number of amides is 1. The van der Waals surface area contributed by atoms with Crippen LogP contribution in [0.15, 0.2) is 23.3 Å². The Balaban J connectivity index is 1.75. The molecule has 3 fully saturated rings. The summed E-state index contributed by atoms with van der Waals surface area (Å²) in [5.74, 6) is -0.681. The van der Waals surface area contributed by atoms with Gasteiger partial charge < -0.3 is 10.5 Å². The summed E-state index contributed by atoms with van der Waals surface area (Å²) in [6.45, 7) is 14.9. The van der Waals surface area contributed by atoms with E-state index < -0.39 is 38.8 Å². The lowest BCUT2D eigenvalue weighted by molar-refractivity contribution is -0.271. The number of nitrogens with zero attached hydrogens (tertiary/aromatic N) is 1. The number of rotatable bonds is 1. The van der Waals surface area contributed by atoms with Crippen LogP contribution in [0.25, 0.3) is 0 Å². The highest BCUT2D eigenvalue weighted by Crippen LogP contribution is 2.73. The Morgan fingerprint density at radius 2 is 1.59 bits per heavy atom. The molecule has 5 rings (SSSR count). The minimum atomic E-state index is -1.14. The number of carbonyl (C=O) groups excluding carboxylic acids is 3. The monoisotopic (exact) mass is 506 g/mol. The zero-order chi connectivity index (χ0) is 27.4. The maximum absolute atomic E-state index is 14.5. The molecule has 2 bridgehead atoms. The van der Waals surface area contributed by atoms with E-state index in [0.29, 0.717) is 25.7 Å². The average Bonchev–Trinajstić information content (AvgIpc) is 2.81. The summed E-state index contributed by atoms with van der Waals surface area (Å²) in [7, 11) is 0. The molecule has 6 atom stereocenters. The molecule has 0 unspecified atom stereocenters. The largest absolute Gasteiger partial charge is 0.367 e. The van der Waals surface area contributed by atoms with E-state index in [0.717, 1.165) is 31.3 Å². The lowest BCUT2D eigenvalue weighted by Gasteiger charge is -2.70. The number of nitrogens with two attached hydrogens (primary N) is 1. The number of Topliss-reactive ketones (excluding diaryl/α,β-unsaturated/α-hetero) is 1. The number of fused-ring (bicyclic) bond motifs is 5. The normalized spacial score (nSPS) is 46.1. The van der Waals surface area contributed by atoms with E-state index in [1.807, 2.05) is 19.9 Å². The third-order valence-corrected chi connectivity index (χ3v) is 12.1. The molecular formula is C31H42N2O4. The van der Waals surface area contributed by atoms with Crippen molar-refractivity contribution in [2.45, 2.75) is 111 Å². The van der Waals surface area contributed by atoms with E-state index in [1.54, 1.807) is 6.08 Å². The molecule has 0 aromatic carbocycles. The van der Waals surface area contributed by atoms with Crippen LogP contribution in [-0.4, -0.2) is 28.7 Å². The van der Waals surface area contributed by atoms with Crippen molar-refractivity contribution in [3.8, 4) is 6.07 Å². The van der Waals surface area contributed by atoms with Crippen LogP contribution in [0, 0.1) is 44.3 Å². The Labute approximate surface area is 221 Å². The number of hydrogen-bond acceptors (Lipinski definition) is 5. The number of hydrogen-bond donors (Lipinski definition) is 1. The van der Waals surface area contributed by atoms with Gasteiger partial charge >= 0.3 is 0 Å². The van der Waals surface area contributed by atoms with Crippen LogP contribution < -0.4 is 5.73 Å². The predicted octanol–water partition coefficient (Wildman–Crippen LogP) is 5.36. The van der Waals surface area contributed by atoms with Gasteiger partial charge in [0.25, 0.3) is 0 Å². The van der Waals surface area contributed by atoms with Gasteiger partial charge in [0.05, 0.1) is 5.57 Å². The number of carbonyl (C=O) groups is 3. The first kappa shape index (κ1) is 26.4. The fourth-order valence-corrected chi connectivity index (χ4v) is 9.33. The van der Waals surface area contributed by atoms with Crippen LogP contribution in [0.2, 0.25) is 0 Å². The first-order valence-electron chi connectivity index (χ1n) is 13.9. The lowest BCUT2D eigenvalue weighted by atomic mass is 9.37. The van der Waals surface area contributed by atoms with Gasteiger partial charge in [-0.15, -0.1) is 0 Å². The molecule has 0 aromatic heterocycles. The SMILES string of the molecule is CC1(C)CC[C@]2(C(N)=O)CC[C@@]3(C)[C@]4(C)CC[C@H]5C(C)(C)C(=O)C(C#N)=C[C@]5(C)C4=CC(=O)[C@@]3(CC1)O2. The highest BCUT2D eigenvalue weighted by atomic mass is 16.5. The smallest absolute Gasteiger partial charge is 0.249 e. The second kappa shape index (κ2) is 7.44. The van der Waals surface area contributed by atoms with Gasteiger partial charge in [-0.1, -0.05) is 54.5 Å². The van der Waals surface area contributed by atoms with E-state index in [-0.39, 0.29) is 28.5 Å². The summed E-state index contributed by atoms with van der Waals surface area (Å²) >= 11 is 0. The summed E-state index contributed by atoms with van der Waals surface area (Å²) in [6, 6.07) is 2.15. The van der Waals surface area contributed by atoms with E-state index >= 15 is 0 Å². The van der Waals surface area contributed by atoms with Gasteiger partial charge in [-0.25, -0.2) is 0 Å². The lowest BCUT2D eigenvalue weighted by Crippen LogP contribution is -2.73. The number of allylic oxidation sites excluding steroid dienone is 3. The third kappa shape index (κ3) is 3.04. The summed E-state index contributed by atoms with van der Waals surface area (Å²) < 4.78 is 6.87. The molecule has 2 saturated heterocycles. The molecule has 1 spiro atoms. The van der Waals surface area contributed by atoms with E-state index in [1.165, 1.54) is 0 Å². The molecule has 2 aliphatic heterocycles. The molecule has 0 aromatic rings. The topological polar surface area (TPSA) is 110 Å². The van der Waals surface area contributed by atoms with Crippen LogP contribution in [0.1, 0.15) is 99.8 Å². The van der Waals surface area contributed by atoms with Crippen LogP contribution in [0.3, 0.4) is 0 Å². The van der Waals surface area contributed by atoms with Gasteiger partial charge in [0, 0.05) is 16.2 Å². The fraction of sp³-hybridized carbons (Fsp3) is 0.742. The summed E-state index contributed by atoms with van der Waals surface area (Å²) in [4.78, 5) is 40.6. The van der Waals surface area contributed by atoms with Crippen LogP contribution in [0.5, 0.6) is 0 Å². The Kier molecular flexibility index (Phi) is 5.30. The van der Waals surface area contributed by atoms with E-state index in [4.69, 9.17) is 10.5 Å². The van der Waals surface area contributed by atoms with Crippen molar-refractivity contribution in [3.63, 3.8) is 0 Å². The summed E-state index contributed by atoms with van der Waals surface area (Å²) in [5, 5.41) is 9.86. The maximum Gasteiger partial charge on any atom is 0.249 e. The third-order valence-electron chi connectivity index (χ3n) is 12.1. The van der Waals surface area contributed by atoms with Crippen molar-refractivity contribution in [1.82, 2.24) is 0 Å². The molecule has 0 radical (unpaired) electrons. The van der Waals surface area contributed by atoms with Gasteiger partial charge in [0.15, 0.2) is 11.6 Å². The molecule has 2 heterocycles. The number of primary amides is 1. The molecular weight excluding hydrogens is 464 g/mol. The molecule has 1 amide bonds. The second-order valence-electron chi connectivity index (χ2n) is 14.6. The molecule has 2 N–H and O–H groups in total. The minimum Gasteiger partial charge on any atom is -0.367 e. The molecule has 6 heteroatoms. The molecule has 200 valence electrons. The van der Waals surface area contributed by atoms with E-state index in [2.05, 4.69) is 40.7 Å². The van der Waals surface area contributed by atoms with Crippen LogP contribution >= 0.6 is 0 Å². The first-order valence-corrected chi connectivity index (χ1v) is 13.9. The Morgan fingerprint density at radius 1 is 0.973 bits per heavy atom. The average molecular weight is 507 g/mol. The molecule has 1 saturated carbocycles. The summed E-state index contributed by atoms with van der Waals surface area (Å²) in [6.07, 6.45) is 9.13. The van der Waals surface area contributed by atoms with Crippen molar-refractivity contribution in [1.29, 1.82) is 5.26 Å². The predicted molar refractivity (Wildman–Crippen MR) is 140 cm³/mol. The van der Waals surface area contributed by atoms with Gasteiger partial charge in [-0.2, -0.15) is 5.26 Å². The molecule has 6 nitrogen and oxygen atoms in total. The van der Waals surface area contributed by atoms with Gasteiger partial charge in [-0.3, -0.25) is 14.4 Å². The fourth-order valence-electron chi connectivity index (χ4n) is 9.33. The highest BCUT2D eigenvalue weighted by molar-refractivity contribution is 6.05. The molecule has 37 heavy (non-hydrogen) atoms. The second-order valence-corrected chi connectivity index (χ2v) is 14.6. The Bertz CT molecular complexity index is 1220.